The predicted molar refractivity (Wildman–Crippen MR) is 48.8 cm³/mol. The molecule has 0 bridgehead atoms. The van der Waals surface area contributed by atoms with E-state index in [1.807, 2.05) is 4.90 Å². The molecule has 0 N–H and O–H groups in total. The molecule has 0 aliphatic carbocycles. The lowest BCUT2D eigenvalue weighted by Gasteiger charge is -2.32. The Labute approximate surface area is 75.9 Å². The number of hydrogen-bond donors (Lipinski definition) is 0. The van der Waals surface area contributed by atoms with Crippen LogP contribution in [0.4, 0.5) is 5.95 Å². The van der Waals surface area contributed by atoms with E-state index in [9.17, 15) is 4.79 Å². The van der Waals surface area contributed by atoms with Crippen molar-refractivity contribution in [3.8, 4) is 0 Å². The van der Waals surface area contributed by atoms with Gasteiger partial charge >= 0.3 is 0 Å². The molecule has 0 amide bonds. The number of carbonyl (C=O) groups excluding carboxylic acids is 1. The number of aromatic nitrogens is 2. The van der Waals surface area contributed by atoms with Crippen LogP contribution in [0.15, 0.2) is 24.5 Å². The molecular weight excluding hydrogens is 166 g/mol. The SMILES string of the molecule is C=C1CN(c2ncc(C=O)cn2)C1. The first kappa shape index (κ1) is 7.91. The zero-order valence-electron chi connectivity index (χ0n) is 7.10. The minimum absolute atomic E-state index is 0.503. The smallest absolute Gasteiger partial charge is 0.225 e. The quantitative estimate of drug-likeness (QED) is 0.489. The molecular formula is C9H9N3O. The number of carbonyl (C=O) groups is 1. The van der Waals surface area contributed by atoms with Crippen LogP contribution < -0.4 is 4.90 Å². The Bertz CT molecular complexity index is 336. The molecule has 1 fully saturated rings. The average Bonchev–Trinajstić information content (AvgIpc) is 2.13. The van der Waals surface area contributed by atoms with Crippen LogP contribution in [0.1, 0.15) is 10.4 Å². The monoisotopic (exact) mass is 175 g/mol. The van der Waals surface area contributed by atoms with Crippen LogP contribution in [-0.2, 0) is 0 Å². The van der Waals surface area contributed by atoms with Gasteiger partial charge in [0.05, 0.1) is 5.56 Å². The Morgan fingerprint density at radius 3 is 2.46 bits per heavy atom. The maximum atomic E-state index is 10.3. The van der Waals surface area contributed by atoms with Gasteiger partial charge in [0.25, 0.3) is 0 Å². The zero-order valence-corrected chi connectivity index (χ0v) is 7.10. The molecule has 1 aromatic heterocycles. The van der Waals surface area contributed by atoms with Gasteiger partial charge < -0.3 is 4.90 Å². The highest BCUT2D eigenvalue weighted by Crippen LogP contribution is 2.17. The van der Waals surface area contributed by atoms with Gasteiger partial charge in [-0.1, -0.05) is 6.58 Å². The van der Waals surface area contributed by atoms with E-state index in [-0.39, 0.29) is 0 Å². The molecule has 0 atom stereocenters. The minimum Gasteiger partial charge on any atom is -0.333 e. The van der Waals surface area contributed by atoms with Crippen LogP contribution >= 0.6 is 0 Å². The first-order valence-corrected chi connectivity index (χ1v) is 3.98. The first-order chi connectivity index (χ1) is 6.29. The third-order valence-electron chi connectivity index (χ3n) is 1.91. The van der Waals surface area contributed by atoms with Gasteiger partial charge in [-0.2, -0.15) is 0 Å². The normalized spacial score (nSPS) is 15.4. The number of hydrogen-bond acceptors (Lipinski definition) is 4. The second-order valence-electron chi connectivity index (χ2n) is 3.04. The molecule has 1 aliphatic heterocycles. The summed E-state index contributed by atoms with van der Waals surface area (Å²) in [6.07, 6.45) is 3.78. The number of nitrogens with zero attached hydrogens (tertiary/aromatic N) is 3. The lowest BCUT2D eigenvalue weighted by atomic mass is 10.1. The van der Waals surface area contributed by atoms with E-state index in [1.54, 1.807) is 0 Å². The molecule has 0 saturated carbocycles. The van der Waals surface area contributed by atoms with E-state index in [1.165, 1.54) is 18.0 Å². The van der Waals surface area contributed by atoms with Crippen molar-refractivity contribution in [1.82, 2.24) is 9.97 Å². The van der Waals surface area contributed by atoms with Gasteiger partial charge in [0.1, 0.15) is 0 Å². The Balaban J connectivity index is 2.14. The fraction of sp³-hybridized carbons (Fsp3) is 0.222. The molecule has 1 saturated heterocycles. The van der Waals surface area contributed by atoms with Crippen molar-refractivity contribution in [3.63, 3.8) is 0 Å². The lowest BCUT2D eigenvalue weighted by Crippen LogP contribution is -2.40. The summed E-state index contributed by atoms with van der Waals surface area (Å²) in [6.45, 7) is 5.46. The zero-order chi connectivity index (χ0) is 9.26. The van der Waals surface area contributed by atoms with E-state index in [0.29, 0.717) is 11.5 Å². The molecule has 1 aromatic rings. The summed E-state index contributed by atoms with van der Waals surface area (Å²) in [5.74, 6) is 0.665. The van der Waals surface area contributed by atoms with Gasteiger partial charge in [0.15, 0.2) is 6.29 Å². The highest BCUT2D eigenvalue weighted by molar-refractivity contribution is 5.73. The van der Waals surface area contributed by atoms with Gasteiger partial charge in [-0.3, -0.25) is 4.79 Å². The van der Waals surface area contributed by atoms with Crippen molar-refractivity contribution >= 4 is 12.2 Å². The third-order valence-corrected chi connectivity index (χ3v) is 1.91. The summed E-state index contributed by atoms with van der Waals surface area (Å²) < 4.78 is 0. The van der Waals surface area contributed by atoms with Crippen molar-refractivity contribution in [2.45, 2.75) is 0 Å². The lowest BCUT2D eigenvalue weighted by molar-refractivity contribution is 0.112. The highest BCUT2D eigenvalue weighted by Gasteiger charge is 2.20. The van der Waals surface area contributed by atoms with E-state index in [4.69, 9.17) is 0 Å². The minimum atomic E-state index is 0.503. The topological polar surface area (TPSA) is 46.1 Å². The Morgan fingerprint density at radius 1 is 1.38 bits per heavy atom. The molecule has 0 spiro atoms. The summed E-state index contributed by atoms with van der Waals surface area (Å²) in [6, 6.07) is 0. The molecule has 4 nitrogen and oxygen atoms in total. The second kappa shape index (κ2) is 2.97. The van der Waals surface area contributed by atoms with E-state index >= 15 is 0 Å². The molecule has 13 heavy (non-hydrogen) atoms. The van der Waals surface area contributed by atoms with Crippen LogP contribution in [0.5, 0.6) is 0 Å². The summed E-state index contributed by atoms with van der Waals surface area (Å²) in [5.41, 5.74) is 1.69. The first-order valence-electron chi connectivity index (χ1n) is 3.98. The van der Waals surface area contributed by atoms with E-state index in [2.05, 4.69) is 16.5 Å². The van der Waals surface area contributed by atoms with Crippen LogP contribution in [-0.4, -0.2) is 29.3 Å². The third kappa shape index (κ3) is 1.42. The van der Waals surface area contributed by atoms with Crippen molar-refractivity contribution in [1.29, 1.82) is 0 Å². The molecule has 0 unspecified atom stereocenters. The standard InChI is InChI=1S/C9H9N3O/c1-7-4-12(5-7)9-10-2-8(6-13)3-11-9/h2-3,6H,1,4-5H2. The molecule has 2 heterocycles. The molecule has 66 valence electrons. The van der Waals surface area contributed by atoms with Gasteiger partial charge in [-0.15, -0.1) is 0 Å². The van der Waals surface area contributed by atoms with Gasteiger partial charge in [-0.25, -0.2) is 9.97 Å². The van der Waals surface area contributed by atoms with Crippen molar-refractivity contribution in [3.05, 3.63) is 30.1 Å². The van der Waals surface area contributed by atoms with Gasteiger partial charge in [0.2, 0.25) is 5.95 Å². The van der Waals surface area contributed by atoms with Crippen LogP contribution in [0, 0.1) is 0 Å². The van der Waals surface area contributed by atoms with Gasteiger partial charge in [0, 0.05) is 25.5 Å². The van der Waals surface area contributed by atoms with E-state index in [0.717, 1.165) is 19.4 Å². The van der Waals surface area contributed by atoms with Crippen molar-refractivity contribution in [2.75, 3.05) is 18.0 Å². The second-order valence-corrected chi connectivity index (χ2v) is 3.04. The maximum Gasteiger partial charge on any atom is 0.225 e. The summed E-state index contributed by atoms with van der Waals surface area (Å²) >= 11 is 0. The maximum absolute atomic E-state index is 10.3. The van der Waals surface area contributed by atoms with E-state index < -0.39 is 0 Å². The summed E-state index contributed by atoms with van der Waals surface area (Å²) in [5, 5.41) is 0. The van der Waals surface area contributed by atoms with Gasteiger partial charge in [-0.05, 0) is 5.57 Å². The average molecular weight is 175 g/mol. The number of aldehydes is 1. The van der Waals surface area contributed by atoms with Crippen LogP contribution in [0.2, 0.25) is 0 Å². The Kier molecular flexibility index (Phi) is 1.81. The van der Waals surface area contributed by atoms with Crippen molar-refractivity contribution in [2.24, 2.45) is 0 Å². The molecule has 2 rings (SSSR count). The largest absolute Gasteiger partial charge is 0.333 e. The van der Waals surface area contributed by atoms with Crippen LogP contribution in [0.3, 0.4) is 0 Å². The number of rotatable bonds is 2. The van der Waals surface area contributed by atoms with Crippen LogP contribution in [0.25, 0.3) is 0 Å². The summed E-state index contributed by atoms with van der Waals surface area (Å²) in [4.78, 5) is 20.4. The highest BCUT2D eigenvalue weighted by atomic mass is 16.1. The molecule has 4 heteroatoms. The molecule has 1 aliphatic rings. The number of anilines is 1. The summed E-state index contributed by atoms with van der Waals surface area (Å²) in [7, 11) is 0. The fourth-order valence-electron chi connectivity index (χ4n) is 1.19. The molecule has 0 radical (unpaired) electrons. The molecule has 0 aromatic carbocycles. The Morgan fingerprint density at radius 2 is 2.00 bits per heavy atom. The Hall–Kier alpha value is -1.71. The fourth-order valence-corrected chi connectivity index (χ4v) is 1.19. The predicted octanol–water partition coefficient (Wildman–Crippen LogP) is 0.665. The van der Waals surface area contributed by atoms with Crippen molar-refractivity contribution < 1.29 is 4.79 Å².